The summed E-state index contributed by atoms with van der Waals surface area (Å²) in [6.07, 6.45) is 10.9. The number of carbonyl (C=O) groups excluding carboxylic acids is 1. The van der Waals surface area contributed by atoms with Gasteiger partial charge in [0.05, 0.1) is 0 Å². The molecule has 2 rings (SSSR count). The number of hydrogen-bond acceptors (Lipinski definition) is 1. The van der Waals surface area contributed by atoms with Crippen molar-refractivity contribution in [3.8, 4) is 0 Å². The normalized spacial score (nSPS) is 17.1. The molecule has 0 bridgehead atoms. The fraction of sp³-hybridized carbons (Fsp3) is 0.438. The third kappa shape index (κ3) is 5.16. The van der Waals surface area contributed by atoms with Crippen molar-refractivity contribution < 1.29 is 4.79 Å². The van der Waals surface area contributed by atoms with Crippen LogP contribution in [0.3, 0.4) is 0 Å². The van der Waals surface area contributed by atoms with E-state index in [-0.39, 0.29) is 6.03 Å². The van der Waals surface area contributed by atoms with Crippen molar-refractivity contribution in [3.05, 3.63) is 42.1 Å². The molecule has 0 aromatic heterocycles. The zero-order chi connectivity index (χ0) is 13.3. The number of nitrogens with one attached hydrogen (secondary N) is 2. The summed E-state index contributed by atoms with van der Waals surface area (Å²) in [6, 6.07) is 10.2. The van der Waals surface area contributed by atoms with Gasteiger partial charge in [-0.05, 0) is 24.5 Å². The maximum atomic E-state index is 11.7. The van der Waals surface area contributed by atoms with Crippen LogP contribution in [0.2, 0.25) is 0 Å². The Bertz CT molecular complexity index is 406. The van der Waals surface area contributed by atoms with Gasteiger partial charge in [-0.25, -0.2) is 4.79 Å². The average molecular weight is 258 g/mol. The Morgan fingerprint density at radius 2 is 1.74 bits per heavy atom. The Hall–Kier alpha value is -1.77. The summed E-state index contributed by atoms with van der Waals surface area (Å²) in [5, 5.41) is 5.81. The summed E-state index contributed by atoms with van der Waals surface area (Å²) in [5.41, 5.74) is 1.08. The van der Waals surface area contributed by atoms with Gasteiger partial charge in [0.15, 0.2) is 0 Å². The van der Waals surface area contributed by atoms with Crippen LogP contribution in [0.4, 0.5) is 4.79 Å². The smallest absolute Gasteiger partial charge is 0.318 e. The Labute approximate surface area is 115 Å². The van der Waals surface area contributed by atoms with E-state index in [9.17, 15) is 4.79 Å². The van der Waals surface area contributed by atoms with Crippen LogP contribution in [0.1, 0.15) is 44.1 Å². The van der Waals surface area contributed by atoms with Gasteiger partial charge >= 0.3 is 6.03 Å². The molecular weight excluding hydrogens is 236 g/mol. The lowest BCUT2D eigenvalue weighted by molar-refractivity contribution is 0.239. The van der Waals surface area contributed by atoms with E-state index in [1.54, 1.807) is 6.20 Å². The van der Waals surface area contributed by atoms with E-state index in [4.69, 9.17) is 0 Å². The van der Waals surface area contributed by atoms with Gasteiger partial charge in [-0.15, -0.1) is 0 Å². The molecule has 2 amide bonds. The molecule has 0 radical (unpaired) electrons. The molecule has 19 heavy (non-hydrogen) atoms. The summed E-state index contributed by atoms with van der Waals surface area (Å²) in [5.74, 6) is 0. The maximum absolute atomic E-state index is 11.7. The van der Waals surface area contributed by atoms with Crippen LogP contribution >= 0.6 is 0 Å². The van der Waals surface area contributed by atoms with Gasteiger partial charge in [-0.2, -0.15) is 0 Å². The lowest BCUT2D eigenvalue weighted by Crippen LogP contribution is -2.39. The second-order valence-corrected chi connectivity index (χ2v) is 5.05. The molecule has 0 saturated heterocycles. The van der Waals surface area contributed by atoms with E-state index >= 15 is 0 Å². The molecule has 2 N–H and O–H groups in total. The van der Waals surface area contributed by atoms with E-state index in [1.165, 1.54) is 25.7 Å². The number of hydrogen-bond donors (Lipinski definition) is 2. The van der Waals surface area contributed by atoms with Crippen LogP contribution in [0, 0.1) is 0 Å². The van der Waals surface area contributed by atoms with E-state index in [2.05, 4.69) is 10.6 Å². The first-order valence-electron chi connectivity index (χ1n) is 7.13. The SMILES string of the molecule is O=C(N/C=C/c1ccccc1)NC1CCCCCC1. The van der Waals surface area contributed by atoms with Crippen LogP contribution < -0.4 is 10.6 Å². The van der Waals surface area contributed by atoms with Crippen LogP contribution in [-0.4, -0.2) is 12.1 Å². The van der Waals surface area contributed by atoms with Crippen molar-refractivity contribution in [3.63, 3.8) is 0 Å². The van der Waals surface area contributed by atoms with E-state index in [1.807, 2.05) is 36.4 Å². The monoisotopic (exact) mass is 258 g/mol. The predicted octanol–water partition coefficient (Wildman–Crippen LogP) is 3.68. The molecule has 1 aliphatic rings. The van der Waals surface area contributed by atoms with Crippen molar-refractivity contribution in [1.82, 2.24) is 10.6 Å². The second kappa shape index (κ2) is 7.62. The molecule has 1 aromatic rings. The number of carbonyl (C=O) groups is 1. The highest BCUT2D eigenvalue weighted by molar-refractivity contribution is 5.76. The minimum atomic E-state index is -0.0981. The van der Waals surface area contributed by atoms with E-state index in [0.29, 0.717) is 6.04 Å². The fourth-order valence-corrected chi connectivity index (χ4v) is 2.43. The van der Waals surface area contributed by atoms with Crippen molar-refractivity contribution in [1.29, 1.82) is 0 Å². The largest absolute Gasteiger partial charge is 0.335 e. The molecule has 0 spiro atoms. The molecule has 102 valence electrons. The third-order valence-corrected chi connectivity index (χ3v) is 3.48. The number of amides is 2. The van der Waals surface area contributed by atoms with Gasteiger partial charge in [0.1, 0.15) is 0 Å². The molecule has 0 heterocycles. The molecule has 0 unspecified atom stereocenters. The lowest BCUT2D eigenvalue weighted by Gasteiger charge is -2.15. The minimum Gasteiger partial charge on any atom is -0.335 e. The molecule has 1 saturated carbocycles. The molecule has 0 aliphatic heterocycles. The van der Waals surface area contributed by atoms with Gasteiger partial charge in [0.25, 0.3) is 0 Å². The van der Waals surface area contributed by atoms with Crippen LogP contribution in [0.25, 0.3) is 6.08 Å². The quantitative estimate of drug-likeness (QED) is 0.798. The third-order valence-electron chi connectivity index (χ3n) is 3.48. The van der Waals surface area contributed by atoms with Gasteiger partial charge < -0.3 is 10.6 Å². The van der Waals surface area contributed by atoms with Crippen molar-refractivity contribution in [2.24, 2.45) is 0 Å². The molecule has 1 fully saturated rings. The Morgan fingerprint density at radius 1 is 1.05 bits per heavy atom. The molecule has 3 heteroatoms. The summed E-state index contributed by atoms with van der Waals surface area (Å²) in [6.45, 7) is 0. The Morgan fingerprint density at radius 3 is 2.42 bits per heavy atom. The van der Waals surface area contributed by atoms with Crippen molar-refractivity contribution in [2.75, 3.05) is 0 Å². The molecule has 0 atom stereocenters. The summed E-state index contributed by atoms with van der Waals surface area (Å²) in [4.78, 5) is 11.7. The highest BCUT2D eigenvalue weighted by atomic mass is 16.2. The van der Waals surface area contributed by atoms with E-state index < -0.39 is 0 Å². The summed E-state index contributed by atoms with van der Waals surface area (Å²) in [7, 11) is 0. The van der Waals surface area contributed by atoms with Crippen molar-refractivity contribution >= 4 is 12.1 Å². The maximum Gasteiger partial charge on any atom is 0.318 e. The van der Waals surface area contributed by atoms with Gasteiger partial charge in [-0.1, -0.05) is 56.0 Å². The highest BCUT2D eigenvalue weighted by Gasteiger charge is 2.13. The van der Waals surface area contributed by atoms with Gasteiger partial charge in [0.2, 0.25) is 0 Å². The van der Waals surface area contributed by atoms with E-state index in [0.717, 1.165) is 18.4 Å². The number of benzene rings is 1. The first-order chi connectivity index (χ1) is 9.34. The van der Waals surface area contributed by atoms with Crippen LogP contribution in [0.15, 0.2) is 36.5 Å². The highest BCUT2D eigenvalue weighted by Crippen LogP contribution is 2.16. The summed E-state index contributed by atoms with van der Waals surface area (Å²) < 4.78 is 0. The van der Waals surface area contributed by atoms with Crippen LogP contribution in [-0.2, 0) is 0 Å². The fourth-order valence-electron chi connectivity index (χ4n) is 2.43. The molecule has 1 aliphatic carbocycles. The van der Waals surface area contributed by atoms with Gasteiger partial charge in [-0.3, -0.25) is 0 Å². The first-order valence-corrected chi connectivity index (χ1v) is 7.13. The number of rotatable bonds is 3. The number of urea groups is 1. The summed E-state index contributed by atoms with van der Waals surface area (Å²) >= 11 is 0. The van der Waals surface area contributed by atoms with Gasteiger partial charge in [0, 0.05) is 12.2 Å². The standard InChI is InChI=1S/C16H22N2O/c19-16(18-15-10-6-1-2-7-11-15)17-13-12-14-8-4-3-5-9-14/h3-5,8-9,12-13,15H,1-2,6-7,10-11H2,(H2,17,18,19)/b13-12+. The Balaban J connectivity index is 1.73. The first kappa shape index (κ1) is 13.7. The molecular formula is C16H22N2O. The topological polar surface area (TPSA) is 41.1 Å². The second-order valence-electron chi connectivity index (χ2n) is 5.05. The lowest BCUT2D eigenvalue weighted by atomic mass is 10.1. The minimum absolute atomic E-state index is 0.0981. The van der Waals surface area contributed by atoms with Crippen LogP contribution in [0.5, 0.6) is 0 Å². The zero-order valence-corrected chi connectivity index (χ0v) is 11.3. The average Bonchev–Trinajstić information content (AvgIpc) is 2.68. The molecule has 1 aromatic carbocycles. The molecule has 3 nitrogen and oxygen atoms in total. The zero-order valence-electron chi connectivity index (χ0n) is 11.3. The van der Waals surface area contributed by atoms with Crippen molar-refractivity contribution in [2.45, 2.75) is 44.6 Å². The Kier molecular flexibility index (Phi) is 5.48. The predicted molar refractivity (Wildman–Crippen MR) is 78.6 cm³/mol.